The Morgan fingerprint density at radius 3 is 2.71 bits per heavy atom. The van der Waals surface area contributed by atoms with Crippen molar-refractivity contribution < 1.29 is 23.9 Å². The van der Waals surface area contributed by atoms with Crippen molar-refractivity contribution in [2.45, 2.75) is 45.3 Å². The number of halogens is 2. The molecule has 3 atom stereocenters. The molecule has 1 aliphatic heterocycles. The summed E-state index contributed by atoms with van der Waals surface area (Å²) in [6, 6.07) is 5.94. The number of carbonyl (C=O) groups is 3. The summed E-state index contributed by atoms with van der Waals surface area (Å²) in [6.07, 6.45) is -0.501. The number of aromatic nitrogens is 1. The first kappa shape index (κ1) is 25.2. The molecule has 0 saturated carbocycles. The van der Waals surface area contributed by atoms with Crippen molar-refractivity contribution in [3.8, 4) is 0 Å². The normalized spacial score (nSPS) is 18.4. The number of hydrogen-bond acceptors (Lipinski definition) is 5. The minimum Gasteiger partial charge on any atom is -0.465 e. The van der Waals surface area contributed by atoms with E-state index in [9.17, 15) is 23.9 Å². The van der Waals surface area contributed by atoms with E-state index in [1.54, 1.807) is 25.1 Å². The van der Waals surface area contributed by atoms with Crippen LogP contribution in [0.1, 0.15) is 30.2 Å². The predicted molar refractivity (Wildman–Crippen MR) is 125 cm³/mol. The molecule has 1 aromatic carbocycles. The third-order valence-corrected chi connectivity index (χ3v) is 6.16. The molecule has 1 aliphatic rings. The number of anilines is 1. The van der Waals surface area contributed by atoms with Gasteiger partial charge in [-0.05, 0) is 61.9 Å². The third kappa shape index (κ3) is 6.13. The predicted octanol–water partition coefficient (Wildman–Crippen LogP) is 2.50. The van der Waals surface area contributed by atoms with Gasteiger partial charge in [-0.3, -0.25) is 14.5 Å². The van der Waals surface area contributed by atoms with Crippen molar-refractivity contribution >= 4 is 35.3 Å². The summed E-state index contributed by atoms with van der Waals surface area (Å²) in [5.74, 6) is -1.26. The molecule has 0 radical (unpaired) electrons. The number of nitrogens with two attached hydrogens (primary N) is 1. The van der Waals surface area contributed by atoms with Crippen molar-refractivity contribution in [3.05, 3.63) is 58.0 Å². The lowest BCUT2D eigenvalue weighted by Crippen LogP contribution is -2.51. The van der Waals surface area contributed by atoms with Crippen LogP contribution in [0.4, 0.5) is 15.0 Å². The molecule has 0 bridgehead atoms. The van der Waals surface area contributed by atoms with Gasteiger partial charge in [0.2, 0.25) is 11.8 Å². The lowest BCUT2D eigenvalue weighted by molar-refractivity contribution is -0.130. The zero-order valence-electron chi connectivity index (χ0n) is 18.8. The molecule has 3 rings (SSSR count). The Bertz CT molecular complexity index is 1100. The van der Waals surface area contributed by atoms with E-state index in [0.717, 1.165) is 16.0 Å². The first-order chi connectivity index (χ1) is 16.0. The molecule has 34 heavy (non-hydrogen) atoms. The van der Waals surface area contributed by atoms with Gasteiger partial charge in [0.1, 0.15) is 23.7 Å². The Morgan fingerprint density at radius 2 is 2.06 bits per heavy atom. The highest BCUT2D eigenvalue weighted by atomic mass is 35.5. The lowest BCUT2D eigenvalue weighted by Gasteiger charge is -2.22. The van der Waals surface area contributed by atoms with Crippen LogP contribution in [0, 0.1) is 18.7 Å². The Balaban J connectivity index is 1.58. The van der Waals surface area contributed by atoms with Gasteiger partial charge in [0.15, 0.2) is 0 Å². The standard InChI is InChI=1S/C23H27ClFN5O4/c1-12-16(4-6-20(26)28-12)10-27-21(31)13(2)29-22(32)19-9-15(11-30(19)23(33)34)7-14-3-5-18(25)17(24)8-14/h3-6,8,13,15,19H,7,9-11H2,1-2H3,(H2,26,28)(H,27,31)(H,29,32)(H,33,34)/t13?,15-,19+/m0/s1. The first-order valence-electron chi connectivity index (χ1n) is 10.8. The molecule has 1 aromatic heterocycles. The first-order valence-corrected chi connectivity index (χ1v) is 11.2. The Labute approximate surface area is 201 Å². The fourth-order valence-corrected chi connectivity index (χ4v) is 4.24. The van der Waals surface area contributed by atoms with Crippen LogP contribution in [-0.4, -0.2) is 51.5 Å². The number of carbonyl (C=O) groups excluding carboxylic acids is 2. The number of benzene rings is 1. The fourth-order valence-electron chi connectivity index (χ4n) is 4.04. The molecule has 2 heterocycles. The van der Waals surface area contributed by atoms with Gasteiger partial charge in [0.25, 0.3) is 0 Å². The summed E-state index contributed by atoms with van der Waals surface area (Å²) in [6.45, 7) is 3.66. The van der Waals surface area contributed by atoms with Crippen LogP contribution in [0.2, 0.25) is 5.02 Å². The molecule has 0 spiro atoms. The van der Waals surface area contributed by atoms with Gasteiger partial charge in [-0.15, -0.1) is 0 Å². The van der Waals surface area contributed by atoms with Crippen molar-refractivity contribution in [1.29, 1.82) is 0 Å². The highest BCUT2D eigenvalue weighted by Gasteiger charge is 2.40. The number of nitrogen functional groups attached to an aromatic ring is 1. The van der Waals surface area contributed by atoms with E-state index in [2.05, 4.69) is 15.6 Å². The van der Waals surface area contributed by atoms with Gasteiger partial charge in [-0.25, -0.2) is 14.2 Å². The van der Waals surface area contributed by atoms with Crippen LogP contribution in [0.25, 0.3) is 0 Å². The number of nitrogens with zero attached hydrogens (tertiary/aromatic N) is 2. The van der Waals surface area contributed by atoms with E-state index in [1.165, 1.54) is 19.1 Å². The highest BCUT2D eigenvalue weighted by molar-refractivity contribution is 6.30. The Kier molecular flexibility index (Phi) is 7.93. The zero-order chi connectivity index (χ0) is 25.0. The summed E-state index contributed by atoms with van der Waals surface area (Å²) >= 11 is 5.83. The number of hydrogen-bond donors (Lipinski definition) is 4. The largest absolute Gasteiger partial charge is 0.465 e. The average Bonchev–Trinajstić information content (AvgIpc) is 3.20. The van der Waals surface area contributed by atoms with Crippen LogP contribution in [0.3, 0.4) is 0 Å². The van der Waals surface area contributed by atoms with E-state index in [-0.39, 0.29) is 30.5 Å². The molecule has 182 valence electrons. The minimum atomic E-state index is -1.22. The van der Waals surface area contributed by atoms with E-state index < -0.39 is 35.8 Å². The molecule has 9 nitrogen and oxygen atoms in total. The monoisotopic (exact) mass is 491 g/mol. The molecule has 0 aliphatic carbocycles. The summed E-state index contributed by atoms with van der Waals surface area (Å²) in [5, 5.41) is 14.9. The number of carboxylic acid groups (broad SMARTS) is 1. The second kappa shape index (κ2) is 10.7. The fraction of sp³-hybridized carbons (Fsp3) is 0.391. The topological polar surface area (TPSA) is 138 Å². The Morgan fingerprint density at radius 1 is 1.32 bits per heavy atom. The second-order valence-corrected chi connectivity index (χ2v) is 8.84. The minimum absolute atomic E-state index is 0.00957. The highest BCUT2D eigenvalue weighted by Crippen LogP contribution is 2.28. The van der Waals surface area contributed by atoms with Gasteiger partial charge in [0, 0.05) is 18.8 Å². The maximum absolute atomic E-state index is 13.4. The number of pyridine rings is 1. The van der Waals surface area contributed by atoms with Crippen molar-refractivity contribution in [2.75, 3.05) is 12.3 Å². The number of rotatable bonds is 7. The Hall–Kier alpha value is -3.40. The quantitative estimate of drug-likeness (QED) is 0.469. The lowest BCUT2D eigenvalue weighted by atomic mass is 9.96. The van der Waals surface area contributed by atoms with Gasteiger partial charge in [0.05, 0.1) is 5.02 Å². The summed E-state index contributed by atoms with van der Waals surface area (Å²) in [7, 11) is 0. The number of amides is 3. The molecule has 1 saturated heterocycles. The van der Waals surface area contributed by atoms with Crippen LogP contribution in [-0.2, 0) is 22.6 Å². The second-order valence-electron chi connectivity index (χ2n) is 8.43. The van der Waals surface area contributed by atoms with E-state index in [0.29, 0.717) is 17.9 Å². The van der Waals surface area contributed by atoms with Crippen LogP contribution < -0.4 is 16.4 Å². The number of nitrogens with one attached hydrogen (secondary N) is 2. The van der Waals surface area contributed by atoms with Crippen molar-refractivity contribution in [3.63, 3.8) is 0 Å². The van der Waals surface area contributed by atoms with E-state index >= 15 is 0 Å². The summed E-state index contributed by atoms with van der Waals surface area (Å²) < 4.78 is 13.4. The average molecular weight is 492 g/mol. The van der Waals surface area contributed by atoms with E-state index in [4.69, 9.17) is 17.3 Å². The van der Waals surface area contributed by atoms with E-state index in [1.807, 2.05) is 0 Å². The smallest absolute Gasteiger partial charge is 0.407 e. The van der Waals surface area contributed by atoms with Crippen molar-refractivity contribution in [2.24, 2.45) is 5.92 Å². The molecular weight excluding hydrogens is 465 g/mol. The number of likely N-dealkylation sites (tertiary alicyclic amines) is 1. The van der Waals surface area contributed by atoms with Crippen LogP contribution >= 0.6 is 11.6 Å². The summed E-state index contributed by atoms with van der Waals surface area (Å²) in [4.78, 5) is 42.3. The molecule has 5 N–H and O–H groups in total. The van der Waals surface area contributed by atoms with Gasteiger partial charge >= 0.3 is 6.09 Å². The van der Waals surface area contributed by atoms with Crippen LogP contribution in [0.15, 0.2) is 30.3 Å². The SMILES string of the molecule is Cc1nc(N)ccc1CNC(=O)C(C)NC(=O)[C@H]1C[C@H](Cc2ccc(F)c(Cl)c2)CN1C(=O)O. The van der Waals surface area contributed by atoms with Gasteiger partial charge in [-0.2, -0.15) is 0 Å². The molecule has 1 fully saturated rings. The maximum Gasteiger partial charge on any atom is 0.407 e. The molecule has 3 amide bonds. The summed E-state index contributed by atoms with van der Waals surface area (Å²) in [5.41, 5.74) is 7.86. The number of aryl methyl sites for hydroxylation is 1. The molecule has 11 heteroatoms. The maximum atomic E-state index is 13.4. The van der Waals surface area contributed by atoms with Gasteiger partial charge < -0.3 is 21.5 Å². The third-order valence-electron chi connectivity index (χ3n) is 5.87. The molecule has 1 unspecified atom stereocenters. The molecular formula is C23H27ClFN5O4. The molecule has 2 aromatic rings. The van der Waals surface area contributed by atoms with Crippen LogP contribution in [0.5, 0.6) is 0 Å². The van der Waals surface area contributed by atoms with Gasteiger partial charge in [-0.1, -0.05) is 23.7 Å². The zero-order valence-corrected chi connectivity index (χ0v) is 19.6. The van der Waals surface area contributed by atoms with Crippen molar-refractivity contribution in [1.82, 2.24) is 20.5 Å².